The number of unbranched alkanes of at least 4 members (excludes halogenated alkanes) is 20. The fourth-order valence-electron chi connectivity index (χ4n) is 5.72. The Morgan fingerprint density at radius 2 is 0.830 bits per heavy atom. The number of carbonyl (C=O) groups is 2. The standard InChI is InChI=1S/C36H59F13N2O2/c1-3-4-5-6-7-8-9-10-11-12-15-18-21-24-27-50-30(53)28(2)51-29(52)25-22-19-16-13-14-17-20-23-26-31(37,38)32(39,40)33(41,42)34(43,44)35(45,46)36(47,48)49/h28H,3-27H2,1-2H3,(H,50,53)(H,51,52). The molecule has 0 aliphatic heterocycles. The Balaban J connectivity index is 4.06. The number of hydrogen-bond donors (Lipinski definition) is 2. The molecule has 0 saturated carbocycles. The molecule has 0 aliphatic carbocycles. The van der Waals surface area contributed by atoms with Crippen molar-refractivity contribution in [2.45, 2.75) is 210 Å². The molecule has 0 aromatic heterocycles. The van der Waals surface area contributed by atoms with E-state index >= 15 is 0 Å². The summed E-state index contributed by atoms with van der Waals surface area (Å²) in [5.41, 5.74) is 0. The van der Waals surface area contributed by atoms with Gasteiger partial charge >= 0.3 is 35.8 Å². The summed E-state index contributed by atoms with van der Waals surface area (Å²) in [6, 6.07) is -0.718. The first-order valence-corrected chi connectivity index (χ1v) is 19.0. The van der Waals surface area contributed by atoms with Crippen molar-refractivity contribution in [2.24, 2.45) is 0 Å². The Kier molecular flexibility index (Phi) is 23.6. The van der Waals surface area contributed by atoms with Gasteiger partial charge in [-0.3, -0.25) is 9.59 Å². The highest BCUT2D eigenvalue weighted by Crippen LogP contribution is 2.60. The van der Waals surface area contributed by atoms with E-state index in [2.05, 4.69) is 17.6 Å². The van der Waals surface area contributed by atoms with E-state index in [1.807, 2.05) is 0 Å². The molecule has 1 unspecified atom stereocenters. The van der Waals surface area contributed by atoms with Crippen LogP contribution < -0.4 is 10.6 Å². The number of rotatable bonds is 32. The Morgan fingerprint density at radius 3 is 1.25 bits per heavy atom. The van der Waals surface area contributed by atoms with Crippen molar-refractivity contribution in [3.05, 3.63) is 0 Å². The average Bonchev–Trinajstić information content (AvgIpc) is 3.06. The maximum atomic E-state index is 13.8. The van der Waals surface area contributed by atoms with E-state index in [4.69, 9.17) is 0 Å². The first-order chi connectivity index (χ1) is 24.5. The van der Waals surface area contributed by atoms with Crippen molar-refractivity contribution in [3.8, 4) is 0 Å². The van der Waals surface area contributed by atoms with Gasteiger partial charge in [0.2, 0.25) is 11.8 Å². The Bertz CT molecular complexity index is 1010. The SMILES string of the molecule is CCCCCCCCCCCCCCCCNC(=O)C(C)NC(=O)CCCCCCCCCCC(F)(F)C(F)(F)C(F)(F)C(F)(F)C(F)(F)C(F)(F)F. The molecule has 0 aliphatic rings. The van der Waals surface area contributed by atoms with E-state index in [0.717, 1.165) is 19.3 Å². The van der Waals surface area contributed by atoms with Crippen LogP contribution in [0.5, 0.6) is 0 Å². The predicted molar refractivity (Wildman–Crippen MR) is 178 cm³/mol. The smallest absolute Gasteiger partial charge is 0.354 e. The molecule has 0 bridgehead atoms. The van der Waals surface area contributed by atoms with Crippen LogP contribution in [-0.4, -0.2) is 60.2 Å². The van der Waals surface area contributed by atoms with Gasteiger partial charge in [-0.25, -0.2) is 0 Å². The molecule has 17 heteroatoms. The van der Waals surface area contributed by atoms with Crippen molar-refractivity contribution in [3.63, 3.8) is 0 Å². The summed E-state index contributed by atoms with van der Waals surface area (Å²) in [6.07, 6.45) is 9.14. The molecule has 0 saturated heterocycles. The molecular weight excluding hydrogens is 739 g/mol. The fourth-order valence-corrected chi connectivity index (χ4v) is 5.72. The third-order valence-electron chi connectivity index (χ3n) is 9.24. The van der Waals surface area contributed by atoms with Crippen molar-refractivity contribution < 1.29 is 66.7 Å². The van der Waals surface area contributed by atoms with Gasteiger partial charge in [-0.2, -0.15) is 57.1 Å². The third-order valence-corrected chi connectivity index (χ3v) is 9.24. The van der Waals surface area contributed by atoms with E-state index in [0.29, 0.717) is 38.6 Å². The maximum absolute atomic E-state index is 13.8. The second-order valence-corrected chi connectivity index (χ2v) is 14.0. The summed E-state index contributed by atoms with van der Waals surface area (Å²) in [4.78, 5) is 24.4. The van der Waals surface area contributed by atoms with Crippen LogP contribution in [0.4, 0.5) is 57.1 Å². The summed E-state index contributed by atoms with van der Waals surface area (Å²) < 4.78 is 171. The predicted octanol–water partition coefficient (Wildman–Crippen LogP) is 12.7. The summed E-state index contributed by atoms with van der Waals surface area (Å²) >= 11 is 0. The topological polar surface area (TPSA) is 58.2 Å². The highest BCUT2D eigenvalue weighted by Gasteiger charge is 2.90. The number of hydrogen-bond acceptors (Lipinski definition) is 2. The van der Waals surface area contributed by atoms with E-state index < -0.39 is 54.7 Å². The second kappa shape index (κ2) is 24.5. The van der Waals surface area contributed by atoms with E-state index in [9.17, 15) is 66.7 Å². The van der Waals surface area contributed by atoms with Gasteiger partial charge in [-0.05, 0) is 26.2 Å². The molecule has 0 aromatic rings. The minimum Gasteiger partial charge on any atom is -0.354 e. The molecule has 53 heavy (non-hydrogen) atoms. The maximum Gasteiger partial charge on any atom is 0.460 e. The largest absolute Gasteiger partial charge is 0.460 e. The Morgan fingerprint density at radius 1 is 0.472 bits per heavy atom. The lowest BCUT2D eigenvalue weighted by molar-refractivity contribution is -0.440. The van der Waals surface area contributed by atoms with Crippen LogP contribution in [-0.2, 0) is 9.59 Å². The van der Waals surface area contributed by atoms with Crippen molar-refractivity contribution in [1.29, 1.82) is 0 Å². The van der Waals surface area contributed by atoms with Crippen LogP contribution in [0, 0.1) is 0 Å². The molecule has 0 spiro atoms. The normalized spacial score (nSPS) is 14.0. The van der Waals surface area contributed by atoms with Crippen LogP contribution in [0.25, 0.3) is 0 Å². The van der Waals surface area contributed by atoms with Crippen molar-refractivity contribution >= 4 is 11.8 Å². The minimum absolute atomic E-state index is 0.118. The number of carbonyl (C=O) groups excluding carboxylic acids is 2. The zero-order chi connectivity index (χ0) is 40.8. The molecule has 0 heterocycles. The summed E-state index contributed by atoms with van der Waals surface area (Å²) in [5, 5.41) is 5.43. The molecule has 2 amide bonds. The fraction of sp³-hybridized carbons (Fsp3) is 0.944. The molecule has 0 rings (SSSR count). The highest BCUT2D eigenvalue weighted by molar-refractivity contribution is 5.87. The van der Waals surface area contributed by atoms with Crippen molar-refractivity contribution in [1.82, 2.24) is 10.6 Å². The van der Waals surface area contributed by atoms with Crippen molar-refractivity contribution in [2.75, 3.05) is 6.54 Å². The lowest BCUT2D eigenvalue weighted by atomic mass is 9.91. The first kappa shape index (κ1) is 51.0. The van der Waals surface area contributed by atoms with Gasteiger partial charge in [0, 0.05) is 19.4 Å². The van der Waals surface area contributed by atoms with E-state index in [1.165, 1.54) is 70.6 Å². The van der Waals surface area contributed by atoms with Gasteiger partial charge in [-0.15, -0.1) is 0 Å². The van der Waals surface area contributed by atoms with Crippen LogP contribution in [0.2, 0.25) is 0 Å². The van der Waals surface area contributed by atoms with Crippen LogP contribution in [0.15, 0.2) is 0 Å². The van der Waals surface area contributed by atoms with E-state index in [1.54, 1.807) is 6.92 Å². The molecular formula is C36H59F13N2O2. The van der Waals surface area contributed by atoms with Gasteiger partial charge in [0.1, 0.15) is 6.04 Å². The van der Waals surface area contributed by atoms with Gasteiger partial charge in [0.15, 0.2) is 0 Å². The quantitative estimate of drug-likeness (QED) is 0.0526. The van der Waals surface area contributed by atoms with Gasteiger partial charge in [0.25, 0.3) is 0 Å². The van der Waals surface area contributed by atoms with Gasteiger partial charge in [-0.1, -0.05) is 129 Å². The zero-order valence-electron chi connectivity index (χ0n) is 31.0. The number of halogens is 13. The van der Waals surface area contributed by atoms with Crippen LogP contribution in [0.3, 0.4) is 0 Å². The second-order valence-electron chi connectivity index (χ2n) is 14.0. The van der Waals surface area contributed by atoms with Gasteiger partial charge in [0.05, 0.1) is 0 Å². The molecule has 1 atom stereocenters. The summed E-state index contributed by atoms with van der Waals surface area (Å²) in [6.45, 7) is 4.31. The highest BCUT2D eigenvalue weighted by atomic mass is 19.4. The average molecular weight is 799 g/mol. The molecule has 316 valence electrons. The molecule has 0 fully saturated rings. The molecule has 0 radical (unpaired) electrons. The number of amides is 2. The summed E-state index contributed by atoms with van der Waals surface area (Å²) in [5.74, 6) is -37.2. The monoisotopic (exact) mass is 798 g/mol. The molecule has 0 aromatic carbocycles. The zero-order valence-corrected chi connectivity index (χ0v) is 31.0. The Hall–Kier alpha value is -1.97. The van der Waals surface area contributed by atoms with Crippen LogP contribution >= 0.6 is 0 Å². The summed E-state index contributed by atoms with van der Waals surface area (Å²) in [7, 11) is 0. The van der Waals surface area contributed by atoms with E-state index in [-0.39, 0.29) is 31.1 Å². The van der Waals surface area contributed by atoms with Crippen LogP contribution in [0.1, 0.15) is 168 Å². The first-order valence-electron chi connectivity index (χ1n) is 19.0. The lowest BCUT2D eigenvalue weighted by Crippen LogP contribution is -2.70. The Labute approximate surface area is 305 Å². The molecule has 4 nitrogen and oxygen atoms in total. The third kappa shape index (κ3) is 17.2. The van der Waals surface area contributed by atoms with Gasteiger partial charge < -0.3 is 10.6 Å². The minimum atomic E-state index is -7.87. The number of alkyl halides is 13. The molecule has 2 N–H and O–H groups in total. The number of nitrogens with one attached hydrogen (secondary N) is 2. The lowest BCUT2D eigenvalue weighted by Gasteiger charge is -2.39.